The van der Waals surface area contributed by atoms with Gasteiger partial charge in [-0.2, -0.15) is 0 Å². The number of anilines is 2. The van der Waals surface area contributed by atoms with Gasteiger partial charge in [0.05, 0.1) is 6.10 Å². The lowest BCUT2D eigenvalue weighted by Gasteiger charge is -2.12. The average Bonchev–Trinajstić information content (AvgIpc) is 3.13. The van der Waals surface area contributed by atoms with Crippen LogP contribution in [0.4, 0.5) is 11.5 Å². The predicted octanol–water partition coefficient (Wildman–Crippen LogP) is 2.64. The smallest absolute Gasteiger partial charge is 0.270 e. The zero-order valence-electron chi connectivity index (χ0n) is 14.9. The molecule has 0 spiro atoms. The number of hydrogen-bond donors (Lipinski definition) is 2. The molecule has 0 radical (unpaired) electrons. The summed E-state index contributed by atoms with van der Waals surface area (Å²) in [7, 11) is 0. The van der Waals surface area contributed by atoms with E-state index in [4.69, 9.17) is 4.74 Å². The summed E-state index contributed by atoms with van der Waals surface area (Å²) in [6.45, 7) is 4.50. The van der Waals surface area contributed by atoms with Gasteiger partial charge in [-0.15, -0.1) is 0 Å². The number of Topliss-reactive ketones (excluding diaryl/α,β-unsaturated/α-hetero) is 1. The molecular formula is C19H22N4O3. The van der Waals surface area contributed by atoms with Gasteiger partial charge in [0.15, 0.2) is 5.78 Å². The number of aryl methyl sites for hydroxylation is 1. The fourth-order valence-corrected chi connectivity index (χ4v) is 2.79. The highest BCUT2D eigenvalue weighted by Gasteiger charge is 2.17. The molecule has 1 fully saturated rings. The van der Waals surface area contributed by atoms with Gasteiger partial charge >= 0.3 is 0 Å². The second kappa shape index (κ2) is 8.05. The molecule has 136 valence electrons. The Balaban J connectivity index is 1.68. The number of carbonyl (C=O) groups is 2. The van der Waals surface area contributed by atoms with E-state index in [-0.39, 0.29) is 17.8 Å². The van der Waals surface area contributed by atoms with Gasteiger partial charge in [0, 0.05) is 30.5 Å². The number of amides is 1. The summed E-state index contributed by atoms with van der Waals surface area (Å²) >= 11 is 0. The molecule has 1 aromatic carbocycles. The Kier molecular flexibility index (Phi) is 5.58. The number of nitrogens with zero attached hydrogens (tertiary/aromatic N) is 2. The van der Waals surface area contributed by atoms with E-state index in [1.807, 2.05) is 0 Å². The van der Waals surface area contributed by atoms with E-state index in [1.54, 1.807) is 37.3 Å². The van der Waals surface area contributed by atoms with Crippen molar-refractivity contribution in [1.29, 1.82) is 0 Å². The molecule has 1 unspecified atom stereocenters. The molecule has 0 aliphatic carbocycles. The molecule has 1 saturated heterocycles. The van der Waals surface area contributed by atoms with E-state index in [1.165, 1.54) is 6.92 Å². The topological polar surface area (TPSA) is 93.2 Å². The van der Waals surface area contributed by atoms with Gasteiger partial charge in [0.1, 0.15) is 17.3 Å². The van der Waals surface area contributed by atoms with Gasteiger partial charge in [-0.1, -0.05) is 0 Å². The minimum atomic E-state index is -0.249. The zero-order chi connectivity index (χ0) is 18.5. The standard InChI is InChI=1S/C19H22N4O3/c1-12(24)14-5-7-15(8-6-14)23-18-10-17(21-13(2)22-18)19(25)20-11-16-4-3-9-26-16/h5-8,10,16H,3-4,9,11H2,1-2H3,(H,20,25)(H,21,22,23). The van der Waals surface area contributed by atoms with Gasteiger partial charge in [0.25, 0.3) is 5.91 Å². The van der Waals surface area contributed by atoms with Crippen molar-refractivity contribution in [2.45, 2.75) is 32.8 Å². The highest BCUT2D eigenvalue weighted by atomic mass is 16.5. The van der Waals surface area contributed by atoms with Gasteiger partial charge in [0.2, 0.25) is 0 Å². The Hall–Kier alpha value is -2.80. The number of carbonyl (C=O) groups excluding carboxylic acids is 2. The maximum Gasteiger partial charge on any atom is 0.270 e. The van der Waals surface area contributed by atoms with E-state index in [9.17, 15) is 9.59 Å². The molecule has 7 nitrogen and oxygen atoms in total. The first-order chi connectivity index (χ1) is 12.5. The fraction of sp³-hybridized carbons (Fsp3) is 0.368. The third-order valence-corrected chi connectivity index (χ3v) is 4.15. The van der Waals surface area contributed by atoms with Crippen LogP contribution in [0.1, 0.15) is 46.4 Å². The van der Waals surface area contributed by atoms with Crippen molar-refractivity contribution >= 4 is 23.2 Å². The lowest BCUT2D eigenvalue weighted by atomic mass is 10.1. The van der Waals surface area contributed by atoms with Gasteiger partial charge in [-0.3, -0.25) is 9.59 Å². The summed E-state index contributed by atoms with van der Waals surface area (Å²) in [6.07, 6.45) is 2.08. The quantitative estimate of drug-likeness (QED) is 0.775. The first kappa shape index (κ1) is 18.0. The van der Waals surface area contributed by atoms with Gasteiger partial charge in [-0.25, -0.2) is 9.97 Å². The molecule has 3 rings (SSSR count). The second-order valence-corrected chi connectivity index (χ2v) is 6.29. The molecule has 26 heavy (non-hydrogen) atoms. The fourth-order valence-electron chi connectivity index (χ4n) is 2.79. The van der Waals surface area contributed by atoms with Crippen molar-refractivity contribution in [1.82, 2.24) is 15.3 Å². The van der Waals surface area contributed by atoms with Crippen LogP contribution >= 0.6 is 0 Å². The molecule has 1 aliphatic heterocycles. The SMILES string of the molecule is CC(=O)c1ccc(Nc2cc(C(=O)NCC3CCCO3)nc(C)n2)cc1. The molecular weight excluding hydrogens is 332 g/mol. The summed E-state index contributed by atoms with van der Waals surface area (Å²) in [5.74, 6) is 0.786. The number of ketones is 1. The Morgan fingerprint density at radius 1 is 1.23 bits per heavy atom. The maximum atomic E-state index is 12.4. The third-order valence-electron chi connectivity index (χ3n) is 4.15. The molecule has 2 aromatic rings. The number of hydrogen-bond acceptors (Lipinski definition) is 6. The number of aromatic nitrogens is 2. The predicted molar refractivity (Wildman–Crippen MR) is 97.8 cm³/mol. The molecule has 1 amide bonds. The monoisotopic (exact) mass is 354 g/mol. The van der Waals surface area contributed by atoms with Crippen molar-refractivity contribution in [2.75, 3.05) is 18.5 Å². The average molecular weight is 354 g/mol. The third kappa shape index (κ3) is 4.64. The largest absolute Gasteiger partial charge is 0.376 e. The number of nitrogens with one attached hydrogen (secondary N) is 2. The Morgan fingerprint density at radius 3 is 2.65 bits per heavy atom. The summed E-state index contributed by atoms with van der Waals surface area (Å²) in [6, 6.07) is 8.69. The Morgan fingerprint density at radius 2 is 2.00 bits per heavy atom. The molecule has 1 aliphatic rings. The lowest BCUT2D eigenvalue weighted by molar-refractivity contribution is 0.0853. The first-order valence-electron chi connectivity index (χ1n) is 8.65. The van der Waals surface area contributed by atoms with E-state index < -0.39 is 0 Å². The van der Waals surface area contributed by atoms with Crippen LogP contribution in [-0.4, -0.2) is 40.9 Å². The highest BCUT2D eigenvalue weighted by Crippen LogP contribution is 2.17. The maximum absolute atomic E-state index is 12.4. The van der Waals surface area contributed by atoms with Crippen LogP contribution in [0.2, 0.25) is 0 Å². The van der Waals surface area contributed by atoms with Crippen molar-refractivity contribution < 1.29 is 14.3 Å². The molecule has 7 heteroatoms. The van der Waals surface area contributed by atoms with Crippen LogP contribution in [-0.2, 0) is 4.74 Å². The zero-order valence-corrected chi connectivity index (χ0v) is 14.9. The Bertz CT molecular complexity index is 799. The van der Waals surface area contributed by atoms with Crippen LogP contribution in [0.15, 0.2) is 30.3 Å². The summed E-state index contributed by atoms with van der Waals surface area (Å²) in [4.78, 5) is 32.2. The van der Waals surface area contributed by atoms with Crippen molar-refractivity contribution in [3.63, 3.8) is 0 Å². The van der Waals surface area contributed by atoms with Gasteiger partial charge in [-0.05, 0) is 51.0 Å². The summed E-state index contributed by atoms with van der Waals surface area (Å²) < 4.78 is 5.51. The molecule has 2 N–H and O–H groups in total. The molecule has 0 bridgehead atoms. The molecule has 2 heterocycles. The van der Waals surface area contributed by atoms with Gasteiger partial charge < -0.3 is 15.4 Å². The van der Waals surface area contributed by atoms with E-state index in [2.05, 4.69) is 20.6 Å². The second-order valence-electron chi connectivity index (χ2n) is 6.29. The highest BCUT2D eigenvalue weighted by molar-refractivity contribution is 5.94. The normalized spacial score (nSPS) is 16.3. The van der Waals surface area contributed by atoms with Crippen LogP contribution in [0, 0.1) is 6.92 Å². The van der Waals surface area contributed by atoms with Crippen molar-refractivity contribution in [3.8, 4) is 0 Å². The van der Waals surface area contributed by atoms with Crippen LogP contribution in [0.25, 0.3) is 0 Å². The van der Waals surface area contributed by atoms with Crippen molar-refractivity contribution in [2.24, 2.45) is 0 Å². The molecule has 1 aromatic heterocycles. The van der Waals surface area contributed by atoms with E-state index in [0.717, 1.165) is 25.1 Å². The van der Waals surface area contributed by atoms with Crippen LogP contribution < -0.4 is 10.6 Å². The minimum Gasteiger partial charge on any atom is -0.376 e. The minimum absolute atomic E-state index is 0.0135. The summed E-state index contributed by atoms with van der Waals surface area (Å²) in [5, 5.41) is 6.00. The molecule has 1 atom stereocenters. The van der Waals surface area contributed by atoms with Crippen LogP contribution in [0.3, 0.4) is 0 Å². The van der Waals surface area contributed by atoms with Crippen LogP contribution in [0.5, 0.6) is 0 Å². The first-order valence-corrected chi connectivity index (χ1v) is 8.65. The number of benzene rings is 1. The Labute approximate surface area is 152 Å². The van der Waals surface area contributed by atoms with Crippen molar-refractivity contribution in [3.05, 3.63) is 47.4 Å². The summed E-state index contributed by atoms with van der Waals surface area (Å²) in [5.41, 5.74) is 1.72. The lowest BCUT2D eigenvalue weighted by Crippen LogP contribution is -2.32. The number of ether oxygens (including phenoxy) is 1. The van der Waals surface area contributed by atoms with E-state index >= 15 is 0 Å². The molecule has 0 saturated carbocycles. The number of rotatable bonds is 6. The van der Waals surface area contributed by atoms with E-state index in [0.29, 0.717) is 29.4 Å².